The number of anilines is 1. The number of aromatic nitrogens is 2. The molecule has 0 fully saturated rings. The first-order valence-corrected chi connectivity index (χ1v) is 6.01. The zero-order chi connectivity index (χ0) is 13.2. The molecule has 2 aromatic carbocycles. The molecule has 0 radical (unpaired) electrons. The summed E-state index contributed by atoms with van der Waals surface area (Å²) >= 11 is 0. The van der Waals surface area contributed by atoms with Crippen LogP contribution in [-0.4, -0.2) is 15.1 Å². The zero-order valence-electron chi connectivity index (χ0n) is 10.2. The molecule has 1 atom stereocenters. The summed E-state index contributed by atoms with van der Waals surface area (Å²) in [5.41, 5.74) is 7.39. The van der Waals surface area contributed by atoms with Crippen molar-refractivity contribution in [1.29, 1.82) is 0 Å². The fourth-order valence-electron chi connectivity index (χ4n) is 2.03. The number of para-hydroxylation sites is 1. The molecule has 94 valence electrons. The molecule has 1 aromatic heterocycles. The van der Waals surface area contributed by atoms with Crippen LogP contribution in [0.2, 0.25) is 0 Å². The molecule has 0 amide bonds. The van der Waals surface area contributed by atoms with Crippen molar-refractivity contribution < 1.29 is 5.11 Å². The Morgan fingerprint density at radius 3 is 2.37 bits per heavy atom. The predicted molar refractivity (Wildman–Crippen MR) is 74.5 cm³/mol. The topological polar surface area (TPSA) is 72.0 Å². The lowest BCUT2D eigenvalue weighted by Crippen LogP contribution is -2.07. The number of hydrogen-bond acceptors (Lipinski definition) is 4. The highest BCUT2D eigenvalue weighted by atomic mass is 16.3. The summed E-state index contributed by atoms with van der Waals surface area (Å²) in [7, 11) is 0. The first kappa shape index (κ1) is 11.6. The first-order chi connectivity index (χ1) is 9.25. The molecule has 19 heavy (non-hydrogen) atoms. The third-order valence-electron chi connectivity index (χ3n) is 3.01. The number of rotatable bonds is 2. The molecule has 3 N–H and O–H groups in total. The molecule has 3 rings (SSSR count). The first-order valence-electron chi connectivity index (χ1n) is 6.01. The predicted octanol–water partition coefficient (Wildman–Crippen LogP) is 2.29. The Bertz CT molecular complexity index is 713. The van der Waals surface area contributed by atoms with Gasteiger partial charge < -0.3 is 10.8 Å². The minimum Gasteiger partial charge on any atom is -0.383 e. The Kier molecular flexibility index (Phi) is 2.85. The second kappa shape index (κ2) is 4.66. The van der Waals surface area contributed by atoms with Crippen molar-refractivity contribution >= 4 is 16.7 Å². The van der Waals surface area contributed by atoms with Crippen molar-refractivity contribution in [2.75, 3.05) is 5.73 Å². The lowest BCUT2D eigenvalue weighted by molar-refractivity contribution is 0.210. The van der Waals surface area contributed by atoms with Crippen LogP contribution in [-0.2, 0) is 0 Å². The minimum atomic E-state index is -0.867. The molecule has 4 nitrogen and oxygen atoms in total. The lowest BCUT2D eigenvalue weighted by atomic mass is 10.1. The third kappa shape index (κ3) is 2.13. The van der Waals surface area contributed by atoms with Gasteiger partial charge in [-0.1, -0.05) is 42.5 Å². The van der Waals surface area contributed by atoms with E-state index in [1.807, 2.05) is 54.6 Å². The van der Waals surface area contributed by atoms with Gasteiger partial charge in [0.15, 0.2) is 5.82 Å². The average Bonchev–Trinajstić information content (AvgIpc) is 2.47. The van der Waals surface area contributed by atoms with Gasteiger partial charge in [0.1, 0.15) is 11.9 Å². The summed E-state index contributed by atoms with van der Waals surface area (Å²) in [6, 6.07) is 16.8. The van der Waals surface area contributed by atoms with Gasteiger partial charge in [0.05, 0.1) is 5.52 Å². The summed E-state index contributed by atoms with van der Waals surface area (Å²) < 4.78 is 0. The molecular weight excluding hydrogens is 238 g/mol. The second-order valence-corrected chi connectivity index (χ2v) is 4.30. The van der Waals surface area contributed by atoms with E-state index in [-0.39, 0.29) is 0 Å². The summed E-state index contributed by atoms with van der Waals surface area (Å²) in [4.78, 5) is 8.57. The Balaban J connectivity index is 2.11. The van der Waals surface area contributed by atoms with E-state index in [2.05, 4.69) is 9.97 Å². The smallest absolute Gasteiger partial charge is 0.164 e. The Hall–Kier alpha value is -2.46. The highest BCUT2D eigenvalue weighted by Crippen LogP contribution is 2.23. The highest BCUT2D eigenvalue weighted by molar-refractivity contribution is 5.87. The van der Waals surface area contributed by atoms with Crippen LogP contribution in [0.5, 0.6) is 0 Å². The van der Waals surface area contributed by atoms with Gasteiger partial charge in [-0.25, -0.2) is 9.97 Å². The lowest BCUT2D eigenvalue weighted by Gasteiger charge is -2.11. The van der Waals surface area contributed by atoms with E-state index in [1.165, 1.54) is 0 Å². The average molecular weight is 251 g/mol. The molecule has 0 unspecified atom stereocenters. The largest absolute Gasteiger partial charge is 0.383 e. The van der Waals surface area contributed by atoms with Gasteiger partial charge >= 0.3 is 0 Å². The second-order valence-electron chi connectivity index (χ2n) is 4.30. The molecular formula is C15H13N3O. The molecule has 0 saturated heterocycles. The number of nitrogen functional groups attached to an aromatic ring is 1. The van der Waals surface area contributed by atoms with E-state index in [9.17, 15) is 5.11 Å². The molecule has 0 aliphatic heterocycles. The maximum atomic E-state index is 10.3. The van der Waals surface area contributed by atoms with Crippen LogP contribution in [0.3, 0.4) is 0 Å². The van der Waals surface area contributed by atoms with Crippen LogP contribution >= 0.6 is 0 Å². The summed E-state index contributed by atoms with van der Waals surface area (Å²) in [5, 5.41) is 11.1. The van der Waals surface area contributed by atoms with Crippen LogP contribution in [0.25, 0.3) is 10.9 Å². The van der Waals surface area contributed by atoms with Crippen LogP contribution in [0, 0.1) is 0 Å². The van der Waals surface area contributed by atoms with Crippen LogP contribution < -0.4 is 5.73 Å². The normalized spacial score (nSPS) is 12.5. The number of aliphatic hydroxyl groups excluding tert-OH is 1. The summed E-state index contributed by atoms with van der Waals surface area (Å²) in [6.07, 6.45) is -0.867. The fourth-order valence-corrected chi connectivity index (χ4v) is 2.03. The van der Waals surface area contributed by atoms with Crippen molar-refractivity contribution in [3.63, 3.8) is 0 Å². The van der Waals surface area contributed by atoms with Crippen molar-refractivity contribution in [3.05, 3.63) is 66.0 Å². The van der Waals surface area contributed by atoms with Gasteiger partial charge in [-0.15, -0.1) is 0 Å². The number of benzene rings is 2. The minimum absolute atomic E-state index is 0.322. The molecule has 3 aromatic rings. The standard InChI is InChI=1S/C15H13N3O/c16-14-11-8-4-5-9-12(11)17-15(18-14)13(19)10-6-2-1-3-7-10/h1-9,13,19H,(H2,16,17,18)/t13-/m0/s1. The van der Waals surface area contributed by atoms with E-state index in [1.54, 1.807) is 0 Å². The Labute approximate surface area is 110 Å². The molecule has 0 spiro atoms. The zero-order valence-corrected chi connectivity index (χ0v) is 10.2. The van der Waals surface area contributed by atoms with Gasteiger partial charge in [0.25, 0.3) is 0 Å². The maximum absolute atomic E-state index is 10.3. The highest BCUT2D eigenvalue weighted by Gasteiger charge is 2.15. The van der Waals surface area contributed by atoms with Crippen molar-refractivity contribution in [1.82, 2.24) is 9.97 Å². The number of fused-ring (bicyclic) bond motifs is 1. The number of nitrogens with zero attached hydrogens (tertiary/aromatic N) is 2. The van der Waals surface area contributed by atoms with Crippen LogP contribution in [0.4, 0.5) is 5.82 Å². The summed E-state index contributed by atoms with van der Waals surface area (Å²) in [5.74, 6) is 0.706. The fraction of sp³-hybridized carbons (Fsp3) is 0.0667. The number of aliphatic hydroxyl groups is 1. The number of nitrogens with two attached hydrogens (primary N) is 1. The molecule has 1 heterocycles. The van der Waals surface area contributed by atoms with Crippen molar-refractivity contribution in [2.24, 2.45) is 0 Å². The van der Waals surface area contributed by atoms with E-state index in [0.717, 1.165) is 16.5 Å². The molecule has 0 aliphatic rings. The van der Waals surface area contributed by atoms with E-state index in [4.69, 9.17) is 5.73 Å². The number of hydrogen-bond donors (Lipinski definition) is 2. The van der Waals surface area contributed by atoms with Gasteiger partial charge in [-0.3, -0.25) is 0 Å². The third-order valence-corrected chi connectivity index (χ3v) is 3.01. The molecule has 4 heteroatoms. The Morgan fingerprint density at radius 2 is 1.58 bits per heavy atom. The molecule has 0 bridgehead atoms. The van der Waals surface area contributed by atoms with Crippen LogP contribution in [0.15, 0.2) is 54.6 Å². The van der Waals surface area contributed by atoms with Gasteiger partial charge in [0.2, 0.25) is 0 Å². The van der Waals surface area contributed by atoms with Gasteiger partial charge in [-0.2, -0.15) is 0 Å². The van der Waals surface area contributed by atoms with Gasteiger partial charge in [0, 0.05) is 5.39 Å². The van der Waals surface area contributed by atoms with E-state index < -0.39 is 6.10 Å². The van der Waals surface area contributed by atoms with Crippen molar-refractivity contribution in [2.45, 2.75) is 6.10 Å². The van der Waals surface area contributed by atoms with E-state index >= 15 is 0 Å². The Morgan fingerprint density at radius 1 is 0.895 bits per heavy atom. The van der Waals surface area contributed by atoms with Gasteiger partial charge in [-0.05, 0) is 17.7 Å². The molecule has 0 aliphatic carbocycles. The molecule has 0 saturated carbocycles. The van der Waals surface area contributed by atoms with E-state index in [0.29, 0.717) is 11.6 Å². The van der Waals surface area contributed by atoms with Crippen LogP contribution in [0.1, 0.15) is 17.5 Å². The SMILES string of the molecule is Nc1nc([C@@H](O)c2ccccc2)nc2ccccc12. The maximum Gasteiger partial charge on any atom is 0.164 e. The monoisotopic (exact) mass is 251 g/mol. The summed E-state index contributed by atoms with van der Waals surface area (Å²) in [6.45, 7) is 0. The van der Waals surface area contributed by atoms with Crippen molar-refractivity contribution in [3.8, 4) is 0 Å². The quantitative estimate of drug-likeness (QED) is 0.733.